The van der Waals surface area contributed by atoms with Gasteiger partial charge < -0.3 is 4.74 Å². The number of carbonyl (C=O) groups excluding carboxylic acids is 2. The van der Waals surface area contributed by atoms with E-state index in [4.69, 9.17) is 4.74 Å². The van der Waals surface area contributed by atoms with Crippen molar-refractivity contribution >= 4 is 12.3 Å². The monoisotopic (exact) mass is 382 g/mol. The third kappa shape index (κ3) is 14.8. The summed E-state index contributed by atoms with van der Waals surface area (Å²) >= 11 is 0. The maximum atomic E-state index is 12.1. The molecule has 0 spiro atoms. The Labute approximate surface area is 169 Å². The molecular formula is C24H46O3. The van der Waals surface area contributed by atoms with Crippen LogP contribution < -0.4 is 0 Å². The number of ether oxygens (including phenoxy) is 1. The van der Waals surface area contributed by atoms with E-state index in [-0.39, 0.29) is 5.97 Å². The molecule has 0 fully saturated rings. The number of carbonyl (C=O) groups is 2. The largest absolute Gasteiger partial charge is 0.451 e. The van der Waals surface area contributed by atoms with Gasteiger partial charge in [0.25, 0.3) is 0 Å². The van der Waals surface area contributed by atoms with E-state index < -0.39 is 5.60 Å². The average molecular weight is 383 g/mol. The summed E-state index contributed by atoms with van der Waals surface area (Å²) in [6.07, 6.45) is 21.2. The fraction of sp³-hybridized carbons (Fsp3) is 0.917. The third-order valence-corrected chi connectivity index (χ3v) is 5.57. The molecule has 0 amide bonds. The lowest BCUT2D eigenvalue weighted by Crippen LogP contribution is -2.36. The van der Waals surface area contributed by atoms with E-state index in [9.17, 15) is 9.59 Å². The molecule has 3 nitrogen and oxygen atoms in total. The zero-order valence-corrected chi connectivity index (χ0v) is 18.5. The molecular weight excluding hydrogens is 336 g/mol. The van der Waals surface area contributed by atoms with E-state index >= 15 is 0 Å². The fourth-order valence-electron chi connectivity index (χ4n) is 3.51. The predicted molar refractivity (Wildman–Crippen MR) is 115 cm³/mol. The van der Waals surface area contributed by atoms with Gasteiger partial charge in [0.2, 0.25) is 0 Å². The molecule has 0 aliphatic heterocycles. The van der Waals surface area contributed by atoms with Gasteiger partial charge in [-0.25, -0.2) is 0 Å². The van der Waals surface area contributed by atoms with Gasteiger partial charge >= 0.3 is 5.97 Å². The molecule has 27 heavy (non-hydrogen) atoms. The van der Waals surface area contributed by atoms with Crippen molar-refractivity contribution in [2.24, 2.45) is 0 Å². The standard InChI is InChI=1S/C24H46O3/c1-4-7-9-10-11-12-13-14-15-16-17-18-19-20-23(26)27-24(6-3,22-25)21-8-5-2/h22H,4-21H2,1-3H3. The average Bonchev–Trinajstić information content (AvgIpc) is 2.68. The minimum absolute atomic E-state index is 0.205. The Bertz CT molecular complexity index is 354. The molecule has 0 radical (unpaired) electrons. The van der Waals surface area contributed by atoms with Crippen LogP contribution in [0.25, 0.3) is 0 Å². The summed E-state index contributed by atoms with van der Waals surface area (Å²) in [5.41, 5.74) is -0.885. The van der Waals surface area contributed by atoms with Crippen molar-refractivity contribution in [1.29, 1.82) is 0 Å². The molecule has 0 bridgehead atoms. The smallest absolute Gasteiger partial charge is 0.306 e. The molecule has 1 unspecified atom stereocenters. The van der Waals surface area contributed by atoms with Gasteiger partial charge in [-0.15, -0.1) is 0 Å². The quantitative estimate of drug-likeness (QED) is 0.124. The Morgan fingerprint density at radius 2 is 1.15 bits per heavy atom. The van der Waals surface area contributed by atoms with Crippen molar-refractivity contribution in [3.63, 3.8) is 0 Å². The van der Waals surface area contributed by atoms with Crippen LogP contribution in [0.5, 0.6) is 0 Å². The summed E-state index contributed by atoms with van der Waals surface area (Å²) < 4.78 is 5.54. The zero-order chi connectivity index (χ0) is 20.2. The highest BCUT2D eigenvalue weighted by molar-refractivity contribution is 5.74. The Morgan fingerprint density at radius 3 is 1.56 bits per heavy atom. The normalized spacial score (nSPS) is 13.3. The second-order valence-electron chi connectivity index (χ2n) is 8.11. The number of hydrogen-bond acceptors (Lipinski definition) is 3. The van der Waals surface area contributed by atoms with Gasteiger partial charge in [0, 0.05) is 6.42 Å². The summed E-state index contributed by atoms with van der Waals surface area (Å²) in [6.45, 7) is 6.27. The zero-order valence-electron chi connectivity index (χ0n) is 18.5. The first-order chi connectivity index (χ1) is 13.1. The molecule has 0 heterocycles. The molecule has 0 saturated carbocycles. The topological polar surface area (TPSA) is 43.4 Å². The van der Waals surface area contributed by atoms with Gasteiger partial charge in [-0.1, -0.05) is 104 Å². The van der Waals surface area contributed by atoms with Gasteiger partial charge in [-0.2, -0.15) is 0 Å². The first kappa shape index (κ1) is 26.1. The number of hydrogen-bond donors (Lipinski definition) is 0. The van der Waals surface area contributed by atoms with Crippen LogP contribution in [-0.4, -0.2) is 17.9 Å². The van der Waals surface area contributed by atoms with Crippen LogP contribution in [0.1, 0.15) is 136 Å². The van der Waals surface area contributed by atoms with Crippen molar-refractivity contribution in [1.82, 2.24) is 0 Å². The summed E-state index contributed by atoms with van der Waals surface area (Å²) in [6, 6.07) is 0. The minimum atomic E-state index is -0.885. The van der Waals surface area contributed by atoms with Crippen LogP contribution in [0.15, 0.2) is 0 Å². The molecule has 0 aromatic carbocycles. The minimum Gasteiger partial charge on any atom is -0.451 e. The van der Waals surface area contributed by atoms with E-state index in [1.54, 1.807) is 0 Å². The maximum Gasteiger partial charge on any atom is 0.306 e. The Hall–Kier alpha value is -0.860. The van der Waals surface area contributed by atoms with E-state index in [2.05, 4.69) is 13.8 Å². The number of esters is 1. The van der Waals surface area contributed by atoms with E-state index in [0.29, 0.717) is 19.3 Å². The lowest BCUT2D eigenvalue weighted by atomic mass is 9.95. The highest BCUT2D eigenvalue weighted by Gasteiger charge is 2.31. The SMILES string of the molecule is CCCCCCCCCCCCCCCC(=O)OC(C=O)(CC)CCCC. The molecule has 0 saturated heterocycles. The van der Waals surface area contributed by atoms with E-state index in [1.165, 1.54) is 70.6 Å². The third-order valence-electron chi connectivity index (χ3n) is 5.57. The van der Waals surface area contributed by atoms with Crippen LogP contribution in [0, 0.1) is 0 Å². The number of aldehydes is 1. The van der Waals surface area contributed by atoms with Gasteiger partial charge in [-0.05, 0) is 25.7 Å². The molecule has 0 aromatic rings. The van der Waals surface area contributed by atoms with Crippen molar-refractivity contribution < 1.29 is 14.3 Å². The molecule has 0 rings (SSSR count). The predicted octanol–water partition coefficient (Wildman–Crippen LogP) is 7.55. The summed E-state index contributed by atoms with van der Waals surface area (Å²) in [5, 5.41) is 0. The second kappa shape index (κ2) is 18.5. The van der Waals surface area contributed by atoms with Crippen LogP contribution in [0.2, 0.25) is 0 Å². The van der Waals surface area contributed by atoms with E-state index in [1.807, 2.05) is 6.92 Å². The summed E-state index contributed by atoms with van der Waals surface area (Å²) in [5.74, 6) is -0.205. The Morgan fingerprint density at radius 1 is 0.704 bits per heavy atom. The van der Waals surface area contributed by atoms with Gasteiger partial charge in [-0.3, -0.25) is 9.59 Å². The van der Waals surface area contributed by atoms with Crippen molar-refractivity contribution in [3.8, 4) is 0 Å². The molecule has 160 valence electrons. The van der Waals surface area contributed by atoms with Crippen LogP contribution >= 0.6 is 0 Å². The maximum absolute atomic E-state index is 12.1. The summed E-state index contributed by atoms with van der Waals surface area (Å²) in [7, 11) is 0. The van der Waals surface area contributed by atoms with Crippen LogP contribution in [0.4, 0.5) is 0 Å². The fourth-order valence-corrected chi connectivity index (χ4v) is 3.51. The van der Waals surface area contributed by atoms with Gasteiger partial charge in [0.15, 0.2) is 11.9 Å². The van der Waals surface area contributed by atoms with Gasteiger partial charge in [0.1, 0.15) is 0 Å². The number of unbranched alkanes of at least 4 members (excludes halogenated alkanes) is 13. The van der Waals surface area contributed by atoms with Crippen molar-refractivity contribution in [2.75, 3.05) is 0 Å². The molecule has 0 aromatic heterocycles. The first-order valence-corrected chi connectivity index (χ1v) is 11.8. The lowest BCUT2D eigenvalue weighted by Gasteiger charge is -2.26. The second-order valence-corrected chi connectivity index (χ2v) is 8.11. The van der Waals surface area contributed by atoms with Gasteiger partial charge in [0.05, 0.1) is 0 Å². The molecule has 0 aliphatic carbocycles. The molecule has 3 heteroatoms. The molecule has 0 aliphatic rings. The number of rotatable bonds is 20. The van der Waals surface area contributed by atoms with Crippen molar-refractivity contribution in [2.45, 2.75) is 142 Å². The van der Waals surface area contributed by atoms with Crippen LogP contribution in [0.3, 0.4) is 0 Å². The summed E-state index contributed by atoms with van der Waals surface area (Å²) in [4.78, 5) is 23.5. The molecule has 0 N–H and O–H groups in total. The van der Waals surface area contributed by atoms with Crippen molar-refractivity contribution in [3.05, 3.63) is 0 Å². The first-order valence-electron chi connectivity index (χ1n) is 11.8. The molecule has 1 atom stereocenters. The lowest BCUT2D eigenvalue weighted by molar-refractivity contribution is -0.164. The van der Waals surface area contributed by atoms with E-state index in [0.717, 1.165) is 32.0 Å². The highest BCUT2D eigenvalue weighted by atomic mass is 16.6. The Kier molecular flexibility index (Phi) is 17.9. The Balaban J connectivity index is 3.58. The van der Waals surface area contributed by atoms with Crippen LogP contribution in [-0.2, 0) is 14.3 Å². The highest BCUT2D eigenvalue weighted by Crippen LogP contribution is 2.22.